The minimum Gasteiger partial charge on any atom is -0.372 e. The second-order valence-corrected chi connectivity index (χ2v) is 5.53. The summed E-state index contributed by atoms with van der Waals surface area (Å²) in [6, 6.07) is 13.8. The lowest BCUT2D eigenvalue weighted by atomic mass is 10.1. The molecular weight excluding hydrogens is 319 g/mol. The molecule has 0 bridgehead atoms. The Morgan fingerprint density at radius 2 is 1.85 bits per heavy atom. The number of benzene rings is 2. The summed E-state index contributed by atoms with van der Waals surface area (Å²) < 4.78 is 14.7. The Kier molecular flexibility index (Phi) is 5.15. The molecule has 0 heterocycles. The topological polar surface area (TPSA) is 29.3 Å². The van der Waals surface area contributed by atoms with Gasteiger partial charge in [0.15, 0.2) is 5.82 Å². The summed E-state index contributed by atoms with van der Waals surface area (Å²) in [6.07, 6.45) is 0.882. The number of nitrogens with two attached hydrogens (primary N) is 1. The molecule has 0 aliphatic carbocycles. The lowest BCUT2D eigenvalue weighted by molar-refractivity contribution is 0.613. The van der Waals surface area contributed by atoms with E-state index in [2.05, 4.69) is 28.1 Å². The second kappa shape index (κ2) is 6.86. The molecule has 0 spiro atoms. The molecule has 0 aliphatic rings. The Bertz CT molecular complexity index is 572. The van der Waals surface area contributed by atoms with Crippen LogP contribution in [0.3, 0.4) is 0 Å². The maximum absolute atomic E-state index is 14.3. The molecule has 0 saturated carbocycles. The number of anilines is 1. The predicted molar refractivity (Wildman–Crippen MR) is 85.4 cm³/mol. The Morgan fingerprint density at radius 3 is 2.50 bits per heavy atom. The minimum atomic E-state index is -0.247. The van der Waals surface area contributed by atoms with Crippen molar-refractivity contribution in [2.75, 3.05) is 18.5 Å². The van der Waals surface area contributed by atoms with Gasteiger partial charge in [0.2, 0.25) is 0 Å². The minimum absolute atomic E-state index is 0.247. The highest BCUT2D eigenvalue weighted by atomic mass is 79.9. The van der Waals surface area contributed by atoms with Gasteiger partial charge in [-0.25, -0.2) is 4.39 Å². The van der Waals surface area contributed by atoms with Crippen LogP contribution in [0.1, 0.15) is 11.1 Å². The highest BCUT2D eigenvalue weighted by Gasteiger charge is 2.13. The van der Waals surface area contributed by atoms with Crippen molar-refractivity contribution in [2.45, 2.75) is 13.0 Å². The van der Waals surface area contributed by atoms with Crippen LogP contribution in [0.2, 0.25) is 0 Å². The quantitative estimate of drug-likeness (QED) is 0.901. The normalized spacial score (nSPS) is 10.6. The van der Waals surface area contributed by atoms with Crippen molar-refractivity contribution < 1.29 is 4.39 Å². The summed E-state index contributed by atoms with van der Waals surface area (Å²) in [7, 11) is 1.90. The smallest absolute Gasteiger partial charge is 0.160 e. The van der Waals surface area contributed by atoms with E-state index < -0.39 is 0 Å². The molecule has 0 radical (unpaired) electrons. The predicted octanol–water partition coefficient (Wildman–Crippen LogP) is 3.73. The molecule has 0 fully saturated rings. The molecule has 2 aromatic carbocycles. The van der Waals surface area contributed by atoms with E-state index in [1.165, 1.54) is 5.56 Å². The summed E-state index contributed by atoms with van der Waals surface area (Å²) in [6.45, 7) is 1.08. The molecule has 2 nitrogen and oxygen atoms in total. The number of nitrogens with zero attached hydrogens (tertiary/aromatic N) is 1. The Labute approximate surface area is 127 Å². The summed E-state index contributed by atoms with van der Waals surface area (Å²) in [5, 5.41) is 0. The first-order valence-corrected chi connectivity index (χ1v) is 7.34. The van der Waals surface area contributed by atoms with Gasteiger partial charge in [0.1, 0.15) is 0 Å². The first kappa shape index (κ1) is 15.0. The van der Waals surface area contributed by atoms with Crippen molar-refractivity contribution >= 4 is 21.6 Å². The van der Waals surface area contributed by atoms with E-state index >= 15 is 0 Å². The van der Waals surface area contributed by atoms with Gasteiger partial charge in [-0.05, 0) is 39.5 Å². The molecule has 0 amide bonds. The van der Waals surface area contributed by atoms with Crippen LogP contribution in [0, 0.1) is 5.82 Å². The van der Waals surface area contributed by atoms with Crippen LogP contribution in [0.5, 0.6) is 0 Å². The maximum atomic E-state index is 14.3. The highest BCUT2D eigenvalue weighted by Crippen LogP contribution is 2.28. The van der Waals surface area contributed by atoms with E-state index in [0.717, 1.165) is 18.5 Å². The van der Waals surface area contributed by atoms with Crippen LogP contribution in [0.25, 0.3) is 0 Å². The number of likely N-dealkylation sites (N-methyl/N-ethyl adjacent to an activating group) is 1. The molecule has 0 aliphatic heterocycles. The molecule has 0 atom stereocenters. The third-order valence-electron chi connectivity index (χ3n) is 3.35. The van der Waals surface area contributed by atoms with Crippen LogP contribution in [-0.2, 0) is 13.0 Å². The molecule has 0 unspecified atom stereocenters. The van der Waals surface area contributed by atoms with Crippen molar-refractivity contribution in [1.29, 1.82) is 0 Å². The fourth-order valence-electron chi connectivity index (χ4n) is 2.09. The first-order chi connectivity index (χ1) is 9.63. The van der Waals surface area contributed by atoms with E-state index in [1.807, 2.05) is 36.2 Å². The maximum Gasteiger partial charge on any atom is 0.160 e. The average molecular weight is 337 g/mol. The molecular formula is C16H18BrFN2. The van der Waals surface area contributed by atoms with Crippen molar-refractivity contribution in [1.82, 2.24) is 0 Å². The number of hydrogen-bond donors (Lipinski definition) is 1. The highest BCUT2D eigenvalue weighted by molar-refractivity contribution is 9.10. The van der Waals surface area contributed by atoms with Gasteiger partial charge in [-0.1, -0.05) is 36.4 Å². The van der Waals surface area contributed by atoms with Crippen LogP contribution in [0.15, 0.2) is 46.9 Å². The molecule has 2 rings (SSSR count). The van der Waals surface area contributed by atoms with Gasteiger partial charge in [-0.15, -0.1) is 0 Å². The molecule has 20 heavy (non-hydrogen) atoms. The van der Waals surface area contributed by atoms with E-state index in [0.29, 0.717) is 16.7 Å². The molecule has 4 heteroatoms. The van der Waals surface area contributed by atoms with Gasteiger partial charge in [0.25, 0.3) is 0 Å². The van der Waals surface area contributed by atoms with Gasteiger partial charge in [0, 0.05) is 20.1 Å². The number of rotatable bonds is 5. The third kappa shape index (κ3) is 3.38. The van der Waals surface area contributed by atoms with Crippen molar-refractivity contribution in [3.05, 3.63) is 63.9 Å². The van der Waals surface area contributed by atoms with Gasteiger partial charge in [-0.2, -0.15) is 0 Å². The van der Waals surface area contributed by atoms with Gasteiger partial charge in [-0.3, -0.25) is 0 Å². The van der Waals surface area contributed by atoms with E-state index in [1.54, 1.807) is 6.07 Å². The van der Waals surface area contributed by atoms with Gasteiger partial charge in [0.05, 0.1) is 10.2 Å². The number of halogens is 2. The Morgan fingerprint density at radius 1 is 1.15 bits per heavy atom. The van der Waals surface area contributed by atoms with E-state index in [9.17, 15) is 4.39 Å². The van der Waals surface area contributed by atoms with Crippen molar-refractivity contribution in [3.63, 3.8) is 0 Å². The zero-order chi connectivity index (χ0) is 14.5. The molecule has 2 aromatic rings. The first-order valence-electron chi connectivity index (χ1n) is 6.55. The fourth-order valence-corrected chi connectivity index (χ4v) is 2.59. The fraction of sp³-hybridized carbons (Fsp3) is 0.250. The lowest BCUT2D eigenvalue weighted by Crippen LogP contribution is -2.21. The molecule has 0 saturated heterocycles. The molecule has 2 N–H and O–H groups in total. The van der Waals surface area contributed by atoms with Crippen molar-refractivity contribution in [2.24, 2.45) is 5.73 Å². The third-order valence-corrected chi connectivity index (χ3v) is 4.21. The Balaban J connectivity index is 2.10. The van der Waals surface area contributed by atoms with Crippen LogP contribution in [0.4, 0.5) is 10.1 Å². The van der Waals surface area contributed by atoms with Gasteiger partial charge < -0.3 is 10.6 Å². The second-order valence-electron chi connectivity index (χ2n) is 4.73. The lowest BCUT2D eigenvalue weighted by Gasteiger charge is -2.21. The zero-order valence-electron chi connectivity index (χ0n) is 11.4. The van der Waals surface area contributed by atoms with Gasteiger partial charge >= 0.3 is 0 Å². The van der Waals surface area contributed by atoms with Crippen LogP contribution in [-0.4, -0.2) is 13.6 Å². The SMILES string of the molecule is CN(CCc1ccccc1)c1ccc(CN)c(Br)c1F. The summed E-state index contributed by atoms with van der Waals surface area (Å²) >= 11 is 3.27. The molecule has 0 aromatic heterocycles. The monoisotopic (exact) mass is 336 g/mol. The average Bonchev–Trinajstić information content (AvgIpc) is 2.48. The molecule has 106 valence electrons. The summed E-state index contributed by atoms with van der Waals surface area (Å²) in [5.41, 5.74) is 8.19. The summed E-state index contributed by atoms with van der Waals surface area (Å²) in [4.78, 5) is 1.92. The van der Waals surface area contributed by atoms with Crippen molar-refractivity contribution in [3.8, 4) is 0 Å². The number of hydrogen-bond acceptors (Lipinski definition) is 2. The van der Waals surface area contributed by atoms with Crippen LogP contribution < -0.4 is 10.6 Å². The van der Waals surface area contributed by atoms with Crippen LogP contribution >= 0.6 is 15.9 Å². The standard InChI is InChI=1S/C16H18BrFN2/c1-20(10-9-12-5-3-2-4-6-12)14-8-7-13(11-19)15(17)16(14)18/h2-8H,9-11,19H2,1H3. The van der Waals surface area contributed by atoms with E-state index in [-0.39, 0.29) is 5.82 Å². The Hall–Kier alpha value is -1.39. The zero-order valence-corrected chi connectivity index (χ0v) is 13.0. The summed E-state index contributed by atoms with van der Waals surface area (Å²) in [5.74, 6) is -0.247. The largest absolute Gasteiger partial charge is 0.372 e. The van der Waals surface area contributed by atoms with E-state index in [4.69, 9.17) is 5.73 Å².